The van der Waals surface area contributed by atoms with Gasteiger partial charge in [0.1, 0.15) is 11.7 Å². The van der Waals surface area contributed by atoms with Gasteiger partial charge in [0.05, 0.1) is 6.20 Å². The van der Waals surface area contributed by atoms with E-state index in [-0.39, 0.29) is 11.9 Å². The maximum absolute atomic E-state index is 12.7. The highest BCUT2D eigenvalue weighted by atomic mass is 16.2. The minimum Gasteiger partial charge on any atom is -0.340 e. The number of carbonyl (C=O) groups excluding carboxylic acids is 1. The zero-order chi connectivity index (χ0) is 16.7. The molecule has 0 bridgehead atoms. The molecule has 1 saturated carbocycles. The predicted molar refractivity (Wildman–Crippen MR) is 92.9 cm³/mol. The Bertz CT molecular complexity index is 759. The van der Waals surface area contributed by atoms with E-state index in [4.69, 9.17) is 4.98 Å². The summed E-state index contributed by atoms with van der Waals surface area (Å²) in [6, 6.07) is 4.09. The summed E-state index contributed by atoms with van der Waals surface area (Å²) in [5, 5.41) is 0. The number of pyridine rings is 1. The smallest absolute Gasteiger partial charge is 0.249 e. The highest BCUT2D eigenvalue weighted by Gasteiger charge is 2.42. The average molecular weight is 323 g/mol. The van der Waals surface area contributed by atoms with Crippen LogP contribution in [-0.4, -0.2) is 40.0 Å². The van der Waals surface area contributed by atoms with Crippen LogP contribution in [-0.2, 0) is 4.79 Å². The lowest BCUT2D eigenvalue weighted by atomic mass is 9.88. The molecule has 2 aliphatic rings. The molecule has 6 nitrogen and oxygen atoms in total. The summed E-state index contributed by atoms with van der Waals surface area (Å²) in [7, 11) is 1.82. The largest absolute Gasteiger partial charge is 0.340 e. The van der Waals surface area contributed by atoms with Crippen LogP contribution in [0.15, 0.2) is 30.7 Å². The molecular weight excluding hydrogens is 302 g/mol. The minimum absolute atomic E-state index is 0.131. The Kier molecular flexibility index (Phi) is 3.67. The van der Waals surface area contributed by atoms with E-state index in [9.17, 15) is 4.79 Å². The summed E-state index contributed by atoms with van der Waals surface area (Å²) in [5.74, 6) is 1.70. The molecule has 2 aromatic heterocycles. The van der Waals surface area contributed by atoms with Crippen LogP contribution in [0.3, 0.4) is 0 Å². The van der Waals surface area contributed by atoms with Crippen LogP contribution in [0.5, 0.6) is 0 Å². The summed E-state index contributed by atoms with van der Waals surface area (Å²) in [6.45, 7) is 2.07. The van der Waals surface area contributed by atoms with Gasteiger partial charge in [-0.15, -0.1) is 0 Å². The van der Waals surface area contributed by atoms with Gasteiger partial charge >= 0.3 is 0 Å². The Morgan fingerprint density at radius 1 is 1.25 bits per heavy atom. The highest BCUT2D eigenvalue weighted by molar-refractivity contribution is 6.04. The Morgan fingerprint density at radius 3 is 2.62 bits per heavy atom. The SMILES string of the molecule is CCC1C(=O)N(C)c2cnc(-c3ccncc3)nc2N1C1CCC1. The Morgan fingerprint density at radius 2 is 2.00 bits per heavy atom. The van der Waals surface area contributed by atoms with E-state index in [0.717, 1.165) is 36.3 Å². The van der Waals surface area contributed by atoms with Crippen molar-refractivity contribution in [3.63, 3.8) is 0 Å². The van der Waals surface area contributed by atoms with Crippen LogP contribution < -0.4 is 9.80 Å². The van der Waals surface area contributed by atoms with Gasteiger partial charge in [-0.3, -0.25) is 9.78 Å². The Hall–Kier alpha value is -2.50. The van der Waals surface area contributed by atoms with Gasteiger partial charge in [0.2, 0.25) is 5.91 Å². The van der Waals surface area contributed by atoms with Crippen LogP contribution in [0.4, 0.5) is 11.5 Å². The molecule has 1 aliphatic heterocycles. The lowest BCUT2D eigenvalue weighted by molar-refractivity contribution is -0.120. The van der Waals surface area contributed by atoms with Crippen molar-refractivity contribution in [3.05, 3.63) is 30.7 Å². The number of fused-ring (bicyclic) bond motifs is 1. The van der Waals surface area contributed by atoms with E-state index in [1.807, 2.05) is 19.2 Å². The molecule has 0 radical (unpaired) electrons. The molecule has 24 heavy (non-hydrogen) atoms. The van der Waals surface area contributed by atoms with Crippen molar-refractivity contribution < 1.29 is 4.79 Å². The summed E-state index contributed by atoms with van der Waals surface area (Å²) in [5.41, 5.74) is 1.74. The van der Waals surface area contributed by atoms with E-state index in [0.29, 0.717) is 11.9 Å². The monoisotopic (exact) mass is 323 g/mol. The number of carbonyl (C=O) groups is 1. The molecule has 124 valence electrons. The first kappa shape index (κ1) is 15.1. The van der Waals surface area contributed by atoms with Crippen molar-refractivity contribution in [2.75, 3.05) is 16.8 Å². The lowest BCUT2D eigenvalue weighted by Crippen LogP contribution is -2.57. The molecule has 2 aromatic rings. The molecule has 6 heteroatoms. The van der Waals surface area contributed by atoms with Crippen LogP contribution in [0.25, 0.3) is 11.4 Å². The standard InChI is InChI=1S/C18H21N5O/c1-3-14-18(24)22(2)15-11-20-16(12-7-9-19-10-8-12)21-17(15)23(14)13-5-4-6-13/h7-11,13-14H,3-6H2,1-2H3. The second-order valence-corrected chi connectivity index (χ2v) is 6.45. The Balaban J connectivity index is 1.84. The Labute approximate surface area is 141 Å². The third-order valence-electron chi connectivity index (χ3n) is 5.10. The van der Waals surface area contributed by atoms with Gasteiger partial charge < -0.3 is 9.80 Å². The molecule has 1 aliphatic carbocycles. The molecule has 3 heterocycles. The first-order valence-corrected chi connectivity index (χ1v) is 8.54. The third-order valence-corrected chi connectivity index (χ3v) is 5.10. The maximum Gasteiger partial charge on any atom is 0.249 e. The second kappa shape index (κ2) is 5.85. The van der Waals surface area contributed by atoms with E-state index in [1.165, 1.54) is 6.42 Å². The zero-order valence-corrected chi connectivity index (χ0v) is 14.0. The van der Waals surface area contributed by atoms with Gasteiger partial charge in [-0.1, -0.05) is 6.92 Å². The fraction of sp³-hybridized carbons (Fsp3) is 0.444. The van der Waals surface area contributed by atoms with Gasteiger partial charge in [0.25, 0.3) is 0 Å². The molecule has 0 N–H and O–H groups in total. The first-order chi connectivity index (χ1) is 11.7. The summed E-state index contributed by atoms with van der Waals surface area (Å²) < 4.78 is 0. The van der Waals surface area contributed by atoms with Crippen molar-refractivity contribution in [3.8, 4) is 11.4 Å². The molecule has 1 fully saturated rings. The second-order valence-electron chi connectivity index (χ2n) is 6.45. The minimum atomic E-state index is -0.131. The molecule has 1 atom stereocenters. The lowest BCUT2D eigenvalue weighted by Gasteiger charge is -2.47. The van der Waals surface area contributed by atoms with Gasteiger partial charge in [0, 0.05) is 31.0 Å². The van der Waals surface area contributed by atoms with Gasteiger partial charge in [-0.25, -0.2) is 9.97 Å². The summed E-state index contributed by atoms with van der Waals surface area (Å²) in [4.78, 5) is 30.1. The molecule has 0 aromatic carbocycles. The van der Waals surface area contributed by atoms with Gasteiger partial charge in [0.15, 0.2) is 11.6 Å². The quantitative estimate of drug-likeness (QED) is 0.869. The fourth-order valence-corrected chi connectivity index (χ4v) is 3.51. The number of aromatic nitrogens is 3. The van der Waals surface area contributed by atoms with E-state index < -0.39 is 0 Å². The number of rotatable bonds is 3. The van der Waals surface area contributed by atoms with Crippen molar-refractivity contribution in [2.45, 2.75) is 44.7 Å². The molecule has 0 saturated heterocycles. The van der Waals surface area contributed by atoms with Crippen LogP contribution in [0.2, 0.25) is 0 Å². The van der Waals surface area contributed by atoms with Crippen molar-refractivity contribution in [2.24, 2.45) is 0 Å². The highest BCUT2D eigenvalue weighted by Crippen LogP contribution is 2.40. The molecule has 1 amide bonds. The topological polar surface area (TPSA) is 62.2 Å². The number of anilines is 2. The number of hydrogen-bond donors (Lipinski definition) is 0. The maximum atomic E-state index is 12.7. The molecule has 0 spiro atoms. The van der Waals surface area contributed by atoms with E-state index in [2.05, 4.69) is 21.8 Å². The summed E-state index contributed by atoms with van der Waals surface area (Å²) in [6.07, 6.45) is 9.52. The van der Waals surface area contributed by atoms with Gasteiger partial charge in [-0.05, 0) is 37.8 Å². The molecular formula is C18H21N5O. The molecule has 1 unspecified atom stereocenters. The average Bonchev–Trinajstić information content (AvgIpc) is 2.58. The summed E-state index contributed by atoms with van der Waals surface area (Å²) >= 11 is 0. The van der Waals surface area contributed by atoms with E-state index >= 15 is 0 Å². The molecule has 4 rings (SSSR count). The number of likely N-dealkylation sites (N-methyl/N-ethyl adjacent to an activating group) is 1. The predicted octanol–water partition coefficient (Wildman–Crippen LogP) is 2.65. The van der Waals surface area contributed by atoms with Crippen LogP contribution in [0, 0.1) is 0 Å². The van der Waals surface area contributed by atoms with Crippen molar-refractivity contribution in [1.29, 1.82) is 0 Å². The third kappa shape index (κ3) is 2.25. The fourth-order valence-electron chi connectivity index (χ4n) is 3.51. The number of amides is 1. The zero-order valence-electron chi connectivity index (χ0n) is 14.0. The van der Waals surface area contributed by atoms with Crippen molar-refractivity contribution >= 4 is 17.4 Å². The van der Waals surface area contributed by atoms with Gasteiger partial charge in [-0.2, -0.15) is 0 Å². The van der Waals surface area contributed by atoms with Crippen molar-refractivity contribution in [1.82, 2.24) is 15.0 Å². The van der Waals surface area contributed by atoms with E-state index in [1.54, 1.807) is 23.5 Å². The number of hydrogen-bond acceptors (Lipinski definition) is 5. The van der Waals surface area contributed by atoms with Crippen LogP contribution in [0.1, 0.15) is 32.6 Å². The first-order valence-electron chi connectivity index (χ1n) is 8.54. The van der Waals surface area contributed by atoms with Crippen LogP contribution >= 0.6 is 0 Å². The number of nitrogens with zero attached hydrogens (tertiary/aromatic N) is 5. The normalized spacial score (nSPS) is 20.8.